The van der Waals surface area contributed by atoms with Crippen molar-refractivity contribution >= 4 is 5.97 Å². The Morgan fingerprint density at radius 3 is 2.36 bits per heavy atom. The first-order chi connectivity index (χ1) is 6.65. The highest BCUT2D eigenvalue weighted by molar-refractivity contribution is 5.72. The Kier molecular flexibility index (Phi) is 4.29. The Morgan fingerprint density at radius 2 is 1.93 bits per heavy atom. The van der Waals surface area contributed by atoms with Gasteiger partial charge in [-0.05, 0) is 32.6 Å². The third-order valence-electron chi connectivity index (χ3n) is 2.75. The van der Waals surface area contributed by atoms with Gasteiger partial charge in [-0.1, -0.05) is 0 Å². The number of halogens is 2. The molecule has 0 aromatic heterocycles. The zero-order valence-electron chi connectivity index (χ0n) is 8.34. The van der Waals surface area contributed by atoms with Crippen LogP contribution in [0.3, 0.4) is 0 Å². The third-order valence-corrected chi connectivity index (χ3v) is 2.75. The monoisotopic (exact) mass is 206 g/mol. The highest BCUT2D eigenvalue weighted by Gasteiger charge is 2.31. The van der Waals surface area contributed by atoms with E-state index in [0.717, 1.165) is 0 Å². The van der Waals surface area contributed by atoms with Crippen LogP contribution < -0.4 is 0 Å². The molecule has 0 N–H and O–H groups in total. The van der Waals surface area contributed by atoms with Gasteiger partial charge < -0.3 is 4.74 Å². The first kappa shape index (κ1) is 11.4. The number of rotatable bonds is 3. The van der Waals surface area contributed by atoms with Crippen LogP contribution in [0, 0.1) is 11.8 Å². The van der Waals surface area contributed by atoms with Gasteiger partial charge in [-0.2, -0.15) is 0 Å². The van der Waals surface area contributed by atoms with Crippen LogP contribution in [0.15, 0.2) is 0 Å². The van der Waals surface area contributed by atoms with E-state index in [2.05, 4.69) is 0 Å². The van der Waals surface area contributed by atoms with Crippen LogP contribution in [0.4, 0.5) is 8.78 Å². The van der Waals surface area contributed by atoms with Gasteiger partial charge in [0.1, 0.15) is 0 Å². The van der Waals surface area contributed by atoms with Crippen molar-refractivity contribution in [2.75, 3.05) is 6.61 Å². The smallest absolute Gasteiger partial charge is 0.308 e. The molecular weight excluding hydrogens is 190 g/mol. The molecule has 82 valence electrons. The van der Waals surface area contributed by atoms with E-state index < -0.39 is 12.3 Å². The molecule has 0 aromatic carbocycles. The van der Waals surface area contributed by atoms with E-state index in [9.17, 15) is 13.6 Å². The van der Waals surface area contributed by atoms with E-state index in [1.54, 1.807) is 6.92 Å². The molecule has 0 unspecified atom stereocenters. The summed E-state index contributed by atoms with van der Waals surface area (Å²) < 4.78 is 29.4. The average Bonchev–Trinajstić information content (AvgIpc) is 2.18. The molecule has 2 nitrogen and oxygen atoms in total. The minimum Gasteiger partial charge on any atom is -0.466 e. The van der Waals surface area contributed by atoms with Crippen molar-refractivity contribution in [3.8, 4) is 0 Å². The van der Waals surface area contributed by atoms with Gasteiger partial charge in [-0.3, -0.25) is 4.79 Å². The fourth-order valence-electron chi connectivity index (χ4n) is 1.87. The largest absolute Gasteiger partial charge is 0.466 e. The molecule has 0 aromatic rings. The summed E-state index contributed by atoms with van der Waals surface area (Å²) in [5.41, 5.74) is 0. The molecule has 0 atom stereocenters. The number of esters is 1. The molecule has 1 aliphatic rings. The van der Waals surface area contributed by atoms with Gasteiger partial charge in [-0.15, -0.1) is 0 Å². The fourth-order valence-corrected chi connectivity index (χ4v) is 1.87. The van der Waals surface area contributed by atoms with Crippen LogP contribution in [0.1, 0.15) is 32.6 Å². The highest BCUT2D eigenvalue weighted by atomic mass is 19.3. The van der Waals surface area contributed by atoms with Crippen molar-refractivity contribution < 1.29 is 18.3 Å². The van der Waals surface area contributed by atoms with Crippen molar-refractivity contribution in [2.24, 2.45) is 11.8 Å². The number of carbonyl (C=O) groups is 1. The van der Waals surface area contributed by atoms with Gasteiger partial charge in [0.05, 0.1) is 12.5 Å². The second kappa shape index (κ2) is 5.27. The standard InChI is InChI=1S/C10H16F2O2/c1-2-14-10(13)8-5-3-7(4-6-8)9(11)12/h7-9H,2-6H2,1H3. The summed E-state index contributed by atoms with van der Waals surface area (Å²) in [7, 11) is 0. The molecule has 0 saturated heterocycles. The molecule has 1 aliphatic carbocycles. The summed E-state index contributed by atoms with van der Waals surface area (Å²) in [4.78, 5) is 11.3. The van der Waals surface area contributed by atoms with E-state index >= 15 is 0 Å². The lowest BCUT2D eigenvalue weighted by molar-refractivity contribution is -0.149. The Hall–Kier alpha value is -0.670. The third kappa shape index (κ3) is 2.93. The van der Waals surface area contributed by atoms with Crippen molar-refractivity contribution in [3.63, 3.8) is 0 Å². The molecule has 0 radical (unpaired) electrons. The van der Waals surface area contributed by atoms with Crippen LogP contribution >= 0.6 is 0 Å². The van der Waals surface area contributed by atoms with Gasteiger partial charge in [0.15, 0.2) is 0 Å². The fraction of sp³-hybridized carbons (Fsp3) is 0.900. The van der Waals surface area contributed by atoms with Crippen molar-refractivity contribution in [1.82, 2.24) is 0 Å². The van der Waals surface area contributed by atoms with Gasteiger partial charge in [0.25, 0.3) is 0 Å². The summed E-state index contributed by atoms with van der Waals surface area (Å²) in [5.74, 6) is -0.883. The van der Waals surface area contributed by atoms with Crippen LogP contribution in [-0.2, 0) is 9.53 Å². The maximum atomic E-state index is 12.3. The van der Waals surface area contributed by atoms with E-state index in [4.69, 9.17) is 4.74 Å². The second-order valence-corrected chi connectivity index (χ2v) is 3.70. The van der Waals surface area contributed by atoms with E-state index in [1.165, 1.54) is 0 Å². The highest BCUT2D eigenvalue weighted by Crippen LogP contribution is 2.32. The molecule has 1 rings (SSSR count). The number of hydrogen-bond donors (Lipinski definition) is 0. The lowest BCUT2D eigenvalue weighted by Gasteiger charge is -2.26. The van der Waals surface area contributed by atoms with Gasteiger partial charge >= 0.3 is 5.97 Å². The minimum absolute atomic E-state index is 0.148. The molecule has 1 fully saturated rings. The number of hydrogen-bond acceptors (Lipinski definition) is 2. The molecule has 4 heteroatoms. The van der Waals surface area contributed by atoms with Gasteiger partial charge in [0, 0.05) is 5.92 Å². The summed E-state index contributed by atoms with van der Waals surface area (Å²) in [6.45, 7) is 2.12. The maximum Gasteiger partial charge on any atom is 0.308 e. The molecule has 0 aliphatic heterocycles. The lowest BCUT2D eigenvalue weighted by atomic mass is 9.82. The van der Waals surface area contributed by atoms with Crippen molar-refractivity contribution in [2.45, 2.75) is 39.0 Å². The zero-order valence-corrected chi connectivity index (χ0v) is 8.34. The first-order valence-corrected chi connectivity index (χ1v) is 5.10. The Balaban J connectivity index is 2.31. The molecule has 1 saturated carbocycles. The summed E-state index contributed by atoms with van der Waals surface area (Å²) >= 11 is 0. The van der Waals surface area contributed by atoms with Crippen LogP contribution in [-0.4, -0.2) is 19.0 Å². The Labute approximate surface area is 82.6 Å². The summed E-state index contributed by atoms with van der Waals surface area (Å²) in [6.07, 6.45) is -0.248. The zero-order chi connectivity index (χ0) is 10.6. The molecule has 0 heterocycles. The Morgan fingerprint density at radius 1 is 1.36 bits per heavy atom. The average molecular weight is 206 g/mol. The van der Waals surface area contributed by atoms with Gasteiger partial charge in [-0.25, -0.2) is 8.78 Å². The van der Waals surface area contributed by atoms with Crippen LogP contribution in [0.2, 0.25) is 0 Å². The van der Waals surface area contributed by atoms with Crippen LogP contribution in [0.25, 0.3) is 0 Å². The van der Waals surface area contributed by atoms with E-state index in [0.29, 0.717) is 32.3 Å². The number of ether oxygens (including phenoxy) is 1. The SMILES string of the molecule is CCOC(=O)C1CCC(C(F)F)CC1. The topological polar surface area (TPSA) is 26.3 Å². The molecule has 0 bridgehead atoms. The van der Waals surface area contributed by atoms with Crippen LogP contribution in [0.5, 0.6) is 0 Å². The van der Waals surface area contributed by atoms with Crippen molar-refractivity contribution in [3.05, 3.63) is 0 Å². The van der Waals surface area contributed by atoms with E-state index in [-0.39, 0.29) is 11.9 Å². The Bertz CT molecular complexity index is 187. The van der Waals surface area contributed by atoms with E-state index in [1.807, 2.05) is 0 Å². The van der Waals surface area contributed by atoms with Gasteiger partial charge in [0.2, 0.25) is 6.43 Å². The number of carbonyl (C=O) groups excluding carboxylic acids is 1. The lowest BCUT2D eigenvalue weighted by Crippen LogP contribution is -2.26. The predicted octanol–water partition coefficient (Wildman–Crippen LogP) is 2.62. The predicted molar refractivity (Wildman–Crippen MR) is 48.1 cm³/mol. The number of alkyl halides is 2. The normalized spacial score (nSPS) is 27.7. The quantitative estimate of drug-likeness (QED) is 0.663. The first-order valence-electron chi connectivity index (χ1n) is 5.10. The molecular formula is C10H16F2O2. The maximum absolute atomic E-state index is 12.3. The molecule has 0 amide bonds. The summed E-state index contributed by atoms with van der Waals surface area (Å²) in [5, 5.41) is 0. The summed E-state index contributed by atoms with van der Waals surface area (Å²) in [6, 6.07) is 0. The second-order valence-electron chi connectivity index (χ2n) is 3.70. The molecule has 0 spiro atoms. The van der Waals surface area contributed by atoms with Crippen molar-refractivity contribution in [1.29, 1.82) is 0 Å². The molecule has 14 heavy (non-hydrogen) atoms. The minimum atomic E-state index is -2.24.